The quantitative estimate of drug-likeness (QED) is 0.783. The van der Waals surface area contributed by atoms with E-state index in [1.165, 1.54) is 0 Å². The van der Waals surface area contributed by atoms with Gasteiger partial charge in [-0.1, -0.05) is 17.7 Å². The fraction of sp³-hybridized carbons (Fsp3) is 0.538. The molecule has 0 aliphatic carbocycles. The SMILES string of the molecule is NC(=O)CN(Cc1cccnc1Cl)C1CCNCC1. The minimum Gasteiger partial charge on any atom is -0.369 e. The van der Waals surface area contributed by atoms with Gasteiger partial charge in [-0.25, -0.2) is 4.98 Å². The molecule has 1 aromatic heterocycles. The van der Waals surface area contributed by atoms with E-state index in [-0.39, 0.29) is 12.5 Å². The highest BCUT2D eigenvalue weighted by Crippen LogP contribution is 2.19. The lowest BCUT2D eigenvalue weighted by atomic mass is 10.0. The molecule has 0 bridgehead atoms. The molecule has 5 nitrogen and oxygen atoms in total. The van der Waals surface area contributed by atoms with Crippen molar-refractivity contribution in [3.05, 3.63) is 29.0 Å². The number of halogens is 1. The third-order valence-corrected chi connectivity index (χ3v) is 3.73. The van der Waals surface area contributed by atoms with Gasteiger partial charge < -0.3 is 11.1 Å². The van der Waals surface area contributed by atoms with Crippen LogP contribution in [0.2, 0.25) is 5.15 Å². The number of amides is 1. The zero-order chi connectivity index (χ0) is 13.7. The van der Waals surface area contributed by atoms with E-state index in [2.05, 4.69) is 15.2 Å². The van der Waals surface area contributed by atoms with Gasteiger partial charge >= 0.3 is 0 Å². The van der Waals surface area contributed by atoms with Crippen LogP contribution in [-0.4, -0.2) is 41.5 Å². The first-order valence-electron chi connectivity index (χ1n) is 6.49. The van der Waals surface area contributed by atoms with E-state index < -0.39 is 0 Å². The van der Waals surface area contributed by atoms with Crippen LogP contribution in [0.3, 0.4) is 0 Å². The molecule has 1 amide bonds. The topological polar surface area (TPSA) is 71.2 Å². The van der Waals surface area contributed by atoms with Crippen LogP contribution >= 0.6 is 11.6 Å². The Labute approximate surface area is 118 Å². The molecule has 0 radical (unpaired) electrons. The third-order valence-electron chi connectivity index (χ3n) is 3.39. The van der Waals surface area contributed by atoms with Gasteiger partial charge in [-0.2, -0.15) is 0 Å². The number of hydrogen-bond acceptors (Lipinski definition) is 4. The van der Waals surface area contributed by atoms with Gasteiger partial charge in [0, 0.05) is 24.3 Å². The van der Waals surface area contributed by atoms with Gasteiger partial charge in [0.25, 0.3) is 0 Å². The number of carbonyl (C=O) groups excluding carboxylic acids is 1. The molecule has 1 aliphatic rings. The first-order valence-corrected chi connectivity index (χ1v) is 6.87. The van der Waals surface area contributed by atoms with Gasteiger partial charge in [-0.05, 0) is 32.0 Å². The summed E-state index contributed by atoms with van der Waals surface area (Å²) in [5, 5.41) is 3.81. The molecule has 1 aromatic rings. The largest absolute Gasteiger partial charge is 0.369 e. The van der Waals surface area contributed by atoms with Gasteiger partial charge in [0.05, 0.1) is 6.54 Å². The molecule has 0 aromatic carbocycles. The fourth-order valence-electron chi connectivity index (χ4n) is 2.44. The summed E-state index contributed by atoms with van der Waals surface area (Å²) in [5.74, 6) is -0.307. The minimum atomic E-state index is -0.307. The van der Waals surface area contributed by atoms with Crippen LogP contribution in [0.4, 0.5) is 0 Å². The van der Waals surface area contributed by atoms with Crippen molar-refractivity contribution < 1.29 is 4.79 Å². The maximum Gasteiger partial charge on any atom is 0.231 e. The van der Waals surface area contributed by atoms with Crippen molar-refractivity contribution in [2.24, 2.45) is 5.73 Å². The molecule has 2 heterocycles. The summed E-state index contributed by atoms with van der Waals surface area (Å²) in [6.07, 6.45) is 3.70. The highest BCUT2D eigenvalue weighted by molar-refractivity contribution is 6.30. The van der Waals surface area contributed by atoms with Crippen LogP contribution < -0.4 is 11.1 Å². The number of nitrogens with one attached hydrogen (secondary N) is 1. The first-order chi connectivity index (χ1) is 9.16. The Balaban J connectivity index is 2.08. The summed E-state index contributed by atoms with van der Waals surface area (Å²) < 4.78 is 0. The second-order valence-corrected chi connectivity index (χ2v) is 5.16. The van der Waals surface area contributed by atoms with Gasteiger partial charge in [0.1, 0.15) is 5.15 Å². The molecule has 0 spiro atoms. The van der Waals surface area contributed by atoms with E-state index in [0.717, 1.165) is 31.5 Å². The lowest BCUT2D eigenvalue weighted by molar-refractivity contribution is -0.120. The number of piperidine rings is 1. The van der Waals surface area contributed by atoms with E-state index in [4.69, 9.17) is 17.3 Å². The molecule has 3 N–H and O–H groups in total. The summed E-state index contributed by atoms with van der Waals surface area (Å²) in [5.41, 5.74) is 6.28. The van der Waals surface area contributed by atoms with E-state index in [0.29, 0.717) is 17.7 Å². The standard InChI is InChI=1S/C13H19ClN4O/c14-13-10(2-1-5-17-13)8-18(9-12(15)19)11-3-6-16-7-4-11/h1-2,5,11,16H,3-4,6-9H2,(H2,15,19). The van der Waals surface area contributed by atoms with Crippen LogP contribution in [0.5, 0.6) is 0 Å². The van der Waals surface area contributed by atoms with E-state index in [1.54, 1.807) is 6.20 Å². The smallest absolute Gasteiger partial charge is 0.231 e. The molecule has 19 heavy (non-hydrogen) atoms. The van der Waals surface area contributed by atoms with E-state index >= 15 is 0 Å². The Morgan fingerprint density at radius 2 is 2.26 bits per heavy atom. The molecule has 0 atom stereocenters. The predicted octanol–water partition coefficient (Wildman–Crippen LogP) is 0.774. The van der Waals surface area contributed by atoms with Crippen LogP contribution in [0, 0.1) is 0 Å². The molecule has 1 fully saturated rings. The molecule has 0 unspecified atom stereocenters. The van der Waals surface area contributed by atoms with Gasteiger partial charge in [0.15, 0.2) is 0 Å². The monoisotopic (exact) mass is 282 g/mol. The number of carbonyl (C=O) groups is 1. The highest BCUT2D eigenvalue weighted by Gasteiger charge is 2.23. The van der Waals surface area contributed by atoms with Crippen molar-refractivity contribution >= 4 is 17.5 Å². The number of primary amides is 1. The second-order valence-electron chi connectivity index (χ2n) is 4.81. The van der Waals surface area contributed by atoms with Crippen LogP contribution in [0.25, 0.3) is 0 Å². The second kappa shape index (κ2) is 6.84. The molecule has 104 valence electrons. The van der Waals surface area contributed by atoms with Crippen molar-refractivity contribution in [1.29, 1.82) is 0 Å². The minimum absolute atomic E-state index is 0.260. The van der Waals surface area contributed by atoms with Crippen LogP contribution in [0.1, 0.15) is 18.4 Å². The number of nitrogens with zero attached hydrogens (tertiary/aromatic N) is 2. The Morgan fingerprint density at radius 1 is 1.53 bits per heavy atom. The lowest BCUT2D eigenvalue weighted by Crippen LogP contribution is -2.46. The summed E-state index contributed by atoms with van der Waals surface area (Å²) in [4.78, 5) is 17.4. The van der Waals surface area contributed by atoms with Gasteiger partial charge in [0.2, 0.25) is 5.91 Å². The fourth-order valence-corrected chi connectivity index (χ4v) is 2.62. The maximum atomic E-state index is 11.2. The lowest BCUT2D eigenvalue weighted by Gasteiger charge is -2.33. The summed E-state index contributed by atoms with van der Waals surface area (Å²) in [7, 11) is 0. The Kier molecular flexibility index (Phi) is 5.13. The Bertz CT molecular complexity index is 434. The van der Waals surface area contributed by atoms with Crippen molar-refractivity contribution in [2.75, 3.05) is 19.6 Å². The number of aromatic nitrogens is 1. The number of hydrogen-bond donors (Lipinski definition) is 2. The van der Waals surface area contributed by atoms with E-state index in [9.17, 15) is 4.79 Å². The number of pyridine rings is 1. The molecule has 0 saturated carbocycles. The zero-order valence-electron chi connectivity index (χ0n) is 10.8. The average Bonchev–Trinajstić information content (AvgIpc) is 2.41. The van der Waals surface area contributed by atoms with Crippen molar-refractivity contribution in [1.82, 2.24) is 15.2 Å². The highest BCUT2D eigenvalue weighted by atomic mass is 35.5. The molecule has 1 aliphatic heterocycles. The van der Waals surface area contributed by atoms with Crippen LogP contribution in [-0.2, 0) is 11.3 Å². The third kappa shape index (κ3) is 4.16. The molecule has 2 rings (SSSR count). The Morgan fingerprint density at radius 3 is 2.89 bits per heavy atom. The first kappa shape index (κ1) is 14.2. The molecule has 1 saturated heterocycles. The summed E-state index contributed by atoms with van der Waals surface area (Å²) >= 11 is 6.08. The molecule has 6 heteroatoms. The predicted molar refractivity (Wildman–Crippen MR) is 74.7 cm³/mol. The zero-order valence-corrected chi connectivity index (χ0v) is 11.6. The average molecular weight is 283 g/mol. The van der Waals surface area contributed by atoms with Crippen molar-refractivity contribution in [3.8, 4) is 0 Å². The van der Waals surface area contributed by atoms with E-state index in [1.807, 2.05) is 12.1 Å². The Hall–Kier alpha value is -1.17. The van der Waals surface area contributed by atoms with Crippen molar-refractivity contribution in [2.45, 2.75) is 25.4 Å². The maximum absolute atomic E-state index is 11.2. The molecular formula is C13H19ClN4O. The van der Waals surface area contributed by atoms with Gasteiger partial charge in [-0.15, -0.1) is 0 Å². The van der Waals surface area contributed by atoms with Crippen LogP contribution in [0.15, 0.2) is 18.3 Å². The normalized spacial score (nSPS) is 16.7. The molecular weight excluding hydrogens is 264 g/mol. The van der Waals surface area contributed by atoms with Gasteiger partial charge in [-0.3, -0.25) is 9.69 Å². The summed E-state index contributed by atoms with van der Waals surface area (Å²) in [6, 6.07) is 4.15. The summed E-state index contributed by atoms with van der Waals surface area (Å²) in [6.45, 7) is 2.82. The number of rotatable bonds is 5. The number of nitrogens with two attached hydrogens (primary N) is 1. The van der Waals surface area contributed by atoms with Crippen molar-refractivity contribution in [3.63, 3.8) is 0 Å².